The fourth-order valence-corrected chi connectivity index (χ4v) is 2.00. The van der Waals surface area contributed by atoms with Crippen molar-refractivity contribution in [3.8, 4) is 0 Å². The number of nitrogens with zero attached hydrogens (tertiary/aromatic N) is 3. The minimum atomic E-state index is 0.715. The first-order valence-corrected chi connectivity index (χ1v) is 7.81. The molecule has 0 unspecified atom stereocenters. The van der Waals surface area contributed by atoms with E-state index in [0.717, 1.165) is 25.6 Å². The molecular weight excluding hydrogens is 260 g/mol. The second-order valence-corrected chi connectivity index (χ2v) is 5.60. The molecular formula is C17H30N4. The zero-order valence-corrected chi connectivity index (χ0v) is 14.0. The molecule has 1 aromatic rings. The van der Waals surface area contributed by atoms with Gasteiger partial charge in [0.05, 0.1) is 6.54 Å². The third-order valence-corrected chi connectivity index (χ3v) is 3.35. The SMILES string of the molecule is CCCCN(C)CCNC(=NCc1ccccc1)N(C)C. The predicted molar refractivity (Wildman–Crippen MR) is 91.7 cm³/mol. The fourth-order valence-electron chi connectivity index (χ4n) is 2.00. The summed E-state index contributed by atoms with van der Waals surface area (Å²) in [5.74, 6) is 0.947. The van der Waals surface area contributed by atoms with Gasteiger partial charge in [-0.2, -0.15) is 0 Å². The number of rotatable bonds is 8. The van der Waals surface area contributed by atoms with Crippen molar-refractivity contribution in [3.05, 3.63) is 35.9 Å². The molecule has 0 aromatic heterocycles. The summed E-state index contributed by atoms with van der Waals surface area (Å²) >= 11 is 0. The number of aliphatic imine (C=N–C) groups is 1. The van der Waals surface area contributed by atoms with E-state index in [1.54, 1.807) is 0 Å². The molecule has 118 valence electrons. The first-order valence-electron chi connectivity index (χ1n) is 7.81. The zero-order chi connectivity index (χ0) is 15.5. The lowest BCUT2D eigenvalue weighted by Crippen LogP contribution is -2.40. The van der Waals surface area contributed by atoms with Crippen molar-refractivity contribution in [2.45, 2.75) is 26.3 Å². The molecule has 0 saturated carbocycles. The van der Waals surface area contributed by atoms with Crippen LogP contribution in [0.1, 0.15) is 25.3 Å². The van der Waals surface area contributed by atoms with Crippen LogP contribution >= 0.6 is 0 Å². The zero-order valence-electron chi connectivity index (χ0n) is 14.0. The third kappa shape index (κ3) is 7.71. The van der Waals surface area contributed by atoms with Gasteiger partial charge in [0.2, 0.25) is 0 Å². The van der Waals surface area contributed by atoms with Crippen molar-refractivity contribution in [2.75, 3.05) is 40.8 Å². The van der Waals surface area contributed by atoms with Crippen molar-refractivity contribution >= 4 is 5.96 Å². The Hall–Kier alpha value is -1.55. The second kappa shape index (κ2) is 10.2. The van der Waals surface area contributed by atoms with E-state index in [1.807, 2.05) is 25.1 Å². The van der Waals surface area contributed by atoms with Crippen LogP contribution < -0.4 is 5.32 Å². The number of guanidine groups is 1. The summed E-state index contributed by atoms with van der Waals surface area (Å²) in [5.41, 5.74) is 1.23. The topological polar surface area (TPSA) is 30.9 Å². The molecule has 0 aliphatic rings. The molecule has 0 heterocycles. The van der Waals surface area contributed by atoms with E-state index < -0.39 is 0 Å². The molecule has 0 spiro atoms. The van der Waals surface area contributed by atoms with Gasteiger partial charge in [0.25, 0.3) is 0 Å². The van der Waals surface area contributed by atoms with Gasteiger partial charge < -0.3 is 15.1 Å². The van der Waals surface area contributed by atoms with Gasteiger partial charge in [-0.05, 0) is 25.6 Å². The highest BCUT2D eigenvalue weighted by molar-refractivity contribution is 5.79. The number of nitrogens with one attached hydrogen (secondary N) is 1. The van der Waals surface area contributed by atoms with Crippen LogP contribution in [0.2, 0.25) is 0 Å². The van der Waals surface area contributed by atoms with Gasteiger partial charge in [-0.3, -0.25) is 0 Å². The number of unbranched alkanes of at least 4 members (excludes halogenated alkanes) is 1. The molecule has 0 aliphatic heterocycles. The van der Waals surface area contributed by atoms with Crippen LogP contribution in [0, 0.1) is 0 Å². The van der Waals surface area contributed by atoms with Crippen LogP contribution in [-0.4, -0.2) is 56.5 Å². The molecule has 1 rings (SSSR count). The molecule has 21 heavy (non-hydrogen) atoms. The lowest BCUT2D eigenvalue weighted by Gasteiger charge is -2.20. The minimum Gasteiger partial charge on any atom is -0.355 e. The van der Waals surface area contributed by atoms with E-state index in [4.69, 9.17) is 0 Å². The molecule has 0 saturated heterocycles. The Morgan fingerprint density at radius 3 is 2.43 bits per heavy atom. The quantitative estimate of drug-likeness (QED) is 0.589. The largest absolute Gasteiger partial charge is 0.355 e. The van der Waals surface area contributed by atoms with Crippen molar-refractivity contribution in [1.82, 2.24) is 15.1 Å². The van der Waals surface area contributed by atoms with E-state index in [0.29, 0.717) is 6.54 Å². The van der Waals surface area contributed by atoms with Gasteiger partial charge >= 0.3 is 0 Å². The first kappa shape index (κ1) is 17.5. The molecule has 0 aliphatic carbocycles. The van der Waals surface area contributed by atoms with E-state index in [2.05, 4.69) is 53.4 Å². The Bertz CT molecular complexity index is 401. The van der Waals surface area contributed by atoms with E-state index in [1.165, 1.54) is 18.4 Å². The molecule has 0 radical (unpaired) electrons. The normalized spacial score (nSPS) is 11.8. The molecule has 4 nitrogen and oxygen atoms in total. The second-order valence-electron chi connectivity index (χ2n) is 5.60. The number of hydrogen-bond acceptors (Lipinski definition) is 2. The van der Waals surface area contributed by atoms with Crippen LogP contribution in [0.4, 0.5) is 0 Å². The third-order valence-electron chi connectivity index (χ3n) is 3.35. The highest BCUT2D eigenvalue weighted by atomic mass is 15.3. The summed E-state index contributed by atoms with van der Waals surface area (Å²) < 4.78 is 0. The van der Waals surface area contributed by atoms with E-state index in [-0.39, 0.29) is 0 Å². The molecule has 0 amide bonds. The summed E-state index contributed by atoms with van der Waals surface area (Å²) in [6, 6.07) is 10.3. The standard InChI is InChI=1S/C17H30N4/c1-5-6-13-21(4)14-12-18-17(20(2)3)19-15-16-10-8-7-9-11-16/h7-11H,5-6,12-15H2,1-4H3,(H,18,19). The summed E-state index contributed by atoms with van der Waals surface area (Å²) in [7, 11) is 6.23. The average Bonchev–Trinajstić information content (AvgIpc) is 2.49. The number of likely N-dealkylation sites (N-methyl/N-ethyl adjacent to an activating group) is 1. The van der Waals surface area contributed by atoms with Crippen molar-refractivity contribution in [3.63, 3.8) is 0 Å². The fraction of sp³-hybridized carbons (Fsp3) is 0.588. The molecule has 1 aromatic carbocycles. The van der Waals surface area contributed by atoms with Crippen LogP contribution in [0.25, 0.3) is 0 Å². The van der Waals surface area contributed by atoms with Gasteiger partial charge in [-0.1, -0.05) is 43.7 Å². The smallest absolute Gasteiger partial charge is 0.193 e. The van der Waals surface area contributed by atoms with Crippen molar-refractivity contribution < 1.29 is 0 Å². The number of hydrogen-bond donors (Lipinski definition) is 1. The Balaban J connectivity index is 2.39. The van der Waals surface area contributed by atoms with Crippen molar-refractivity contribution in [2.24, 2.45) is 4.99 Å². The van der Waals surface area contributed by atoms with Gasteiger partial charge in [0.15, 0.2) is 5.96 Å². The maximum Gasteiger partial charge on any atom is 0.193 e. The molecule has 0 atom stereocenters. The first-order chi connectivity index (χ1) is 10.1. The van der Waals surface area contributed by atoms with E-state index >= 15 is 0 Å². The van der Waals surface area contributed by atoms with Gasteiger partial charge in [-0.25, -0.2) is 4.99 Å². The lowest BCUT2D eigenvalue weighted by molar-refractivity contribution is 0.331. The maximum atomic E-state index is 4.67. The Kier molecular flexibility index (Phi) is 8.51. The average molecular weight is 290 g/mol. The van der Waals surface area contributed by atoms with Crippen LogP contribution in [0.5, 0.6) is 0 Å². The monoisotopic (exact) mass is 290 g/mol. The maximum absolute atomic E-state index is 4.67. The van der Waals surface area contributed by atoms with Crippen LogP contribution in [0.15, 0.2) is 35.3 Å². The summed E-state index contributed by atoms with van der Waals surface area (Å²) in [5, 5.41) is 3.43. The van der Waals surface area contributed by atoms with Crippen LogP contribution in [-0.2, 0) is 6.54 Å². The van der Waals surface area contributed by atoms with Crippen LogP contribution in [0.3, 0.4) is 0 Å². The Morgan fingerprint density at radius 1 is 1.10 bits per heavy atom. The van der Waals surface area contributed by atoms with Gasteiger partial charge in [-0.15, -0.1) is 0 Å². The Morgan fingerprint density at radius 2 is 1.81 bits per heavy atom. The minimum absolute atomic E-state index is 0.715. The number of benzene rings is 1. The highest BCUT2D eigenvalue weighted by Crippen LogP contribution is 2.00. The van der Waals surface area contributed by atoms with Gasteiger partial charge in [0, 0.05) is 27.2 Å². The molecule has 4 heteroatoms. The molecule has 0 bridgehead atoms. The summed E-state index contributed by atoms with van der Waals surface area (Å²) in [6.45, 7) is 6.07. The van der Waals surface area contributed by atoms with Gasteiger partial charge in [0.1, 0.15) is 0 Å². The predicted octanol–water partition coefficient (Wildman–Crippen LogP) is 2.43. The van der Waals surface area contributed by atoms with Crippen molar-refractivity contribution in [1.29, 1.82) is 0 Å². The molecule has 0 fully saturated rings. The summed E-state index contributed by atoms with van der Waals surface area (Å²) in [6.07, 6.45) is 2.51. The molecule has 1 N–H and O–H groups in total. The Labute approximate surface area is 129 Å². The highest BCUT2D eigenvalue weighted by Gasteiger charge is 2.02. The summed E-state index contributed by atoms with van der Waals surface area (Å²) in [4.78, 5) is 9.06. The van der Waals surface area contributed by atoms with E-state index in [9.17, 15) is 0 Å². The lowest BCUT2D eigenvalue weighted by atomic mass is 10.2.